The zero-order valence-electron chi connectivity index (χ0n) is 10.4. The third-order valence-electron chi connectivity index (χ3n) is 2.95. The number of nitrogens with zero attached hydrogens (tertiary/aromatic N) is 1. The molecule has 3 nitrogen and oxygen atoms in total. The summed E-state index contributed by atoms with van der Waals surface area (Å²) in [6.45, 7) is 3.01. The number of hydrogen-bond acceptors (Lipinski definition) is 3. The van der Waals surface area contributed by atoms with Gasteiger partial charge in [-0.15, -0.1) is 0 Å². The summed E-state index contributed by atoms with van der Waals surface area (Å²) >= 11 is 6.16. The van der Waals surface area contributed by atoms with Crippen molar-refractivity contribution in [3.8, 4) is 0 Å². The smallest absolute Gasteiger partial charge is 0.0765 e. The Morgan fingerprint density at radius 3 is 2.94 bits per heavy atom. The first-order valence-electron chi connectivity index (χ1n) is 6.15. The Bertz CT molecular complexity index is 530. The second-order valence-electron chi connectivity index (χ2n) is 4.23. The molecule has 1 heterocycles. The Morgan fingerprint density at radius 1 is 1.39 bits per heavy atom. The van der Waals surface area contributed by atoms with Crippen LogP contribution >= 0.6 is 11.6 Å². The van der Waals surface area contributed by atoms with Crippen molar-refractivity contribution in [1.29, 1.82) is 0 Å². The summed E-state index contributed by atoms with van der Waals surface area (Å²) in [5, 5.41) is 14.4. The van der Waals surface area contributed by atoms with E-state index in [1.807, 2.05) is 24.3 Å². The molecule has 0 saturated carbocycles. The van der Waals surface area contributed by atoms with Crippen LogP contribution < -0.4 is 5.32 Å². The second-order valence-corrected chi connectivity index (χ2v) is 4.63. The van der Waals surface area contributed by atoms with E-state index < -0.39 is 0 Å². The van der Waals surface area contributed by atoms with Crippen molar-refractivity contribution in [2.45, 2.75) is 19.4 Å². The molecule has 0 amide bonds. The number of aromatic nitrogens is 1. The van der Waals surface area contributed by atoms with Crippen LogP contribution in [-0.4, -0.2) is 23.2 Å². The minimum atomic E-state index is -0.0976. The van der Waals surface area contributed by atoms with Crippen molar-refractivity contribution >= 4 is 22.5 Å². The lowest BCUT2D eigenvalue weighted by Gasteiger charge is -2.18. The fraction of sp³-hybridized carbons (Fsp3) is 0.357. The van der Waals surface area contributed by atoms with Gasteiger partial charge in [-0.25, -0.2) is 0 Å². The van der Waals surface area contributed by atoms with Crippen LogP contribution in [0.1, 0.15) is 24.9 Å². The molecule has 2 N–H and O–H groups in total. The first-order chi connectivity index (χ1) is 8.77. The molecule has 0 aliphatic heterocycles. The third kappa shape index (κ3) is 2.64. The highest BCUT2D eigenvalue weighted by Gasteiger charge is 2.14. The number of pyridine rings is 1. The van der Waals surface area contributed by atoms with E-state index in [-0.39, 0.29) is 12.6 Å². The summed E-state index contributed by atoms with van der Waals surface area (Å²) in [6, 6.07) is 7.51. The summed E-state index contributed by atoms with van der Waals surface area (Å²) in [6.07, 6.45) is 2.77. The fourth-order valence-electron chi connectivity index (χ4n) is 2.03. The molecule has 0 spiro atoms. The van der Waals surface area contributed by atoms with Crippen molar-refractivity contribution in [2.24, 2.45) is 0 Å². The Labute approximate surface area is 112 Å². The van der Waals surface area contributed by atoms with Crippen LogP contribution in [0.2, 0.25) is 5.02 Å². The van der Waals surface area contributed by atoms with E-state index in [1.165, 1.54) is 0 Å². The lowest BCUT2D eigenvalue weighted by atomic mass is 10.0. The molecule has 1 atom stereocenters. The van der Waals surface area contributed by atoms with Gasteiger partial charge in [0, 0.05) is 16.6 Å². The summed E-state index contributed by atoms with van der Waals surface area (Å²) in [5.41, 5.74) is 1.85. The molecule has 0 aliphatic carbocycles. The SMILES string of the molecule is CCCNC(CO)c1ccc(Cl)c2cccnc12. The Kier molecular flexibility index (Phi) is 4.53. The van der Waals surface area contributed by atoms with E-state index in [9.17, 15) is 5.11 Å². The molecule has 18 heavy (non-hydrogen) atoms. The molecular formula is C14H17ClN2O. The molecule has 2 aromatic rings. The molecule has 1 aromatic carbocycles. The quantitative estimate of drug-likeness (QED) is 0.873. The minimum absolute atomic E-state index is 0.0489. The number of aliphatic hydroxyl groups is 1. The van der Waals surface area contributed by atoms with Gasteiger partial charge in [-0.1, -0.05) is 24.6 Å². The highest BCUT2D eigenvalue weighted by molar-refractivity contribution is 6.35. The number of fused-ring (bicyclic) bond motifs is 1. The Balaban J connectivity index is 2.46. The molecule has 2 rings (SSSR count). The standard InChI is InChI=1S/C14H17ClN2O/c1-2-7-16-13(9-18)11-5-6-12(15)10-4-3-8-17-14(10)11/h3-6,8,13,16,18H,2,7,9H2,1H3. The molecule has 0 fully saturated rings. The van der Waals surface area contributed by atoms with Crippen LogP contribution in [0, 0.1) is 0 Å². The van der Waals surface area contributed by atoms with Crippen molar-refractivity contribution in [3.63, 3.8) is 0 Å². The van der Waals surface area contributed by atoms with E-state index in [1.54, 1.807) is 6.20 Å². The summed E-state index contributed by atoms with van der Waals surface area (Å²) in [5.74, 6) is 0. The maximum atomic E-state index is 9.51. The van der Waals surface area contributed by atoms with Gasteiger partial charge in [0.05, 0.1) is 18.2 Å². The number of aliphatic hydroxyl groups excluding tert-OH is 1. The third-order valence-corrected chi connectivity index (χ3v) is 3.28. The average molecular weight is 265 g/mol. The molecule has 0 aliphatic rings. The summed E-state index contributed by atoms with van der Waals surface area (Å²) in [7, 11) is 0. The van der Waals surface area contributed by atoms with E-state index in [0.717, 1.165) is 29.4 Å². The van der Waals surface area contributed by atoms with Gasteiger partial charge in [-0.05, 0) is 36.7 Å². The van der Waals surface area contributed by atoms with Gasteiger partial charge in [0.1, 0.15) is 0 Å². The molecular weight excluding hydrogens is 248 g/mol. The molecule has 1 aromatic heterocycles. The lowest BCUT2D eigenvalue weighted by Crippen LogP contribution is -2.25. The lowest BCUT2D eigenvalue weighted by molar-refractivity contribution is 0.245. The number of hydrogen-bond donors (Lipinski definition) is 2. The van der Waals surface area contributed by atoms with E-state index in [4.69, 9.17) is 11.6 Å². The van der Waals surface area contributed by atoms with Gasteiger partial charge in [-0.2, -0.15) is 0 Å². The van der Waals surface area contributed by atoms with Crippen LogP contribution in [-0.2, 0) is 0 Å². The van der Waals surface area contributed by atoms with Gasteiger partial charge in [0.2, 0.25) is 0 Å². The topological polar surface area (TPSA) is 45.1 Å². The molecule has 0 radical (unpaired) electrons. The Morgan fingerprint density at radius 2 is 2.22 bits per heavy atom. The maximum Gasteiger partial charge on any atom is 0.0765 e. The molecule has 96 valence electrons. The number of nitrogens with one attached hydrogen (secondary N) is 1. The number of benzene rings is 1. The zero-order chi connectivity index (χ0) is 13.0. The van der Waals surface area contributed by atoms with Gasteiger partial charge in [-0.3, -0.25) is 4.98 Å². The normalized spacial score (nSPS) is 12.8. The first-order valence-corrected chi connectivity index (χ1v) is 6.53. The van der Waals surface area contributed by atoms with Crippen LogP contribution in [0.25, 0.3) is 10.9 Å². The highest BCUT2D eigenvalue weighted by atomic mass is 35.5. The summed E-state index contributed by atoms with van der Waals surface area (Å²) in [4.78, 5) is 4.38. The van der Waals surface area contributed by atoms with Gasteiger partial charge in [0.15, 0.2) is 0 Å². The van der Waals surface area contributed by atoms with Gasteiger partial charge in [0.25, 0.3) is 0 Å². The zero-order valence-corrected chi connectivity index (χ0v) is 11.1. The van der Waals surface area contributed by atoms with Crippen molar-refractivity contribution in [1.82, 2.24) is 10.3 Å². The highest BCUT2D eigenvalue weighted by Crippen LogP contribution is 2.28. The van der Waals surface area contributed by atoms with E-state index in [2.05, 4.69) is 17.2 Å². The monoisotopic (exact) mass is 264 g/mol. The molecule has 1 unspecified atom stereocenters. The van der Waals surface area contributed by atoms with Crippen LogP contribution in [0.5, 0.6) is 0 Å². The fourth-order valence-corrected chi connectivity index (χ4v) is 2.25. The van der Waals surface area contributed by atoms with E-state index >= 15 is 0 Å². The van der Waals surface area contributed by atoms with Crippen molar-refractivity contribution in [3.05, 3.63) is 41.0 Å². The van der Waals surface area contributed by atoms with Crippen LogP contribution in [0.3, 0.4) is 0 Å². The van der Waals surface area contributed by atoms with Gasteiger partial charge < -0.3 is 10.4 Å². The molecule has 0 bridgehead atoms. The average Bonchev–Trinajstić information content (AvgIpc) is 2.42. The summed E-state index contributed by atoms with van der Waals surface area (Å²) < 4.78 is 0. The Hall–Kier alpha value is -1.16. The van der Waals surface area contributed by atoms with Crippen LogP contribution in [0.15, 0.2) is 30.5 Å². The van der Waals surface area contributed by atoms with Crippen molar-refractivity contribution < 1.29 is 5.11 Å². The van der Waals surface area contributed by atoms with Crippen LogP contribution in [0.4, 0.5) is 0 Å². The van der Waals surface area contributed by atoms with Crippen molar-refractivity contribution in [2.75, 3.05) is 13.2 Å². The maximum absolute atomic E-state index is 9.51. The predicted octanol–water partition coefficient (Wildman–Crippen LogP) is 2.92. The minimum Gasteiger partial charge on any atom is -0.394 e. The molecule has 4 heteroatoms. The molecule has 0 saturated heterocycles. The predicted molar refractivity (Wildman–Crippen MR) is 74.9 cm³/mol. The van der Waals surface area contributed by atoms with E-state index in [0.29, 0.717) is 5.02 Å². The number of rotatable bonds is 5. The first kappa shape index (κ1) is 13.3. The number of halogens is 1. The second kappa shape index (κ2) is 6.14. The van der Waals surface area contributed by atoms with Gasteiger partial charge >= 0.3 is 0 Å². The largest absolute Gasteiger partial charge is 0.394 e.